The van der Waals surface area contributed by atoms with Crippen LogP contribution in [-0.4, -0.2) is 24.7 Å². The highest BCUT2D eigenvalue weighted by Gasteiger charge is 2.14. The number of nitrogens with zero attached hydrogens (tertiary/aromatic N) is 1. The highest BCUT2D eigenvalue weighted by atomic mass is 127. The standard InChI is InChI=1S/C17H29N3O.HI/c1-7-13(2)20-16(18-6)19-12-14-10-8-9-11-15(14)21-17(3,4)5;/h8-11,13H,7,12H2,1-6H3,(H2,18,19,20);1H. The Morgan fingerprint density at radius 2 is 1.91 bits per heavy atom. The van der Waals surface area contributed by atoms with Crippen molar-refractivity contribution in [3.63, 3.8) is 0 Å². The second-order valence-corrected chi connectivity index (χ2v) is 6.20. The Balaban J connectivity index is 0.00000441. The van der Waals surface area contributed by atoms with Gasteiger partial charge in [0.2, 0.25) is 0 Å². The molecule has 1 unspecified atom stereocenters. The zero-order valence-electron chi connectivity index (χ0n) is 14.6. The molecule has 126 valence electrons. The van der Waals surface area contributed by atoms with Crippen molar-refractivity contribution in [3.8, 4) is 5.75 Å². The highest BCUT2D eigenvalue weighted by Crippen LogP contribution is 2.22. The Morgan fingerprint density at radius 3 is 2.45 bits per heavy atom. The van der Waals surface area contributed by atoms with Gasteiger partial charge in [-0.3, -0.25) is 4.99 Å². The smallest absolute Gasteiger partial charge is 0.191 e. The largest absolute Gasteiger partial charge is 0.488 e. The van der Waals surface area contributed by atoms with E-state index in [-0.39, 0.29) is 29.6 Å². The molecule has 1 atom stereocenters. The van der Waals surface area contributed by atoms with Crippen LogP contribution in [0.1, 0.15) is 46.6 Å². The van der Waals surface area contributed by atoms with Gasteiger partial charge in [-0.05, 0) is 40.2 Å². The van der Waals surface area contributed by atoms with Gasteiger partial charge in [-0.15, -0.1) is 24.0 Å². The molecule has 0 aliphatic rings. The summed E-state index contributed by atoms with van der Waals surface area (Å²) in [4.78, 5) is 4.25. The van der Waals surface area contributed by atoms with E-state index in [0.717, 1.165) is 23.7 Å². The molecular formula is C17H30IN3O. The predicted molar refractivity (Wildman–Crippen MR) is 105 cm³/mol. The van der Waals surface area contributed by atoms with E-state index in [0.29, 0.717) is 12.6 Å². The van der Waals surface area contributed by atoms with Gasteiger partial charge in [0.05, 0.1) is 0 Å². The van der Waals surface area contributed by atoms with E-state index >= 15 is 0 Å². The van der Waals surface area contributed by atoms with Crippen molar-refractivity contribution in [2.75, 3.05) is 7.05 Å². The Bertz CT molecular complexity index is 469. The van der Waals surface area contributed by atoms with E-state index in [4.69, 9.17) is 4.74 Å². The summed E-state index contributed by atoms with van der Waals surface area (Å²) in [5.41, 5.74) is 0.923. The first-order chi connectivity index (χ1) is 9.85. The molecule has 0 aromatic heterocycles. The average molecular weight is 419 g/mol. The van der Waals surface area contributed by atoms with Gasteiger partial charge < -0.3 is 15.4 Å². The summed E-state index contributed by atoms with van der Waals surface area (Å²) in [5.74, 6) is 1.73. The summed E-state index contributed by atoms with van der Waals surface area (Å²) >= 11 is 0. The number of hydrogen-bond donors (Lipinski definition) is 2. The Morgan fingerprint density at radius 1 is 1.27 bits per heavy atom. The monoisotopic (exact) mass is 419 g/mol. The molecule has 22 heavy (non-hydrogen) atoms. The lowest BCUT2D eigenvalue weighted by Crippen LogP contribution is -2.41. The molecule has 0 aliphatic heterocycles. The maximum absolute atomic E-state index is 6.00. The van der Waals surface area contributed by atoms with E-state index in [1.54, 1.807) is 7.05 Å². The first kappa shape index (κ1) is 21.0. The summed E-state index contributed by atoms with van der Waals surface area (Å²) in [6.07, 6.45) is 1.06. The third kappa shape index (κ3) is 7.87. The van der Waals surface area contributed by atoms with Crippen LogP contribution in [0.2, 0.25) is 0 Å². The van der Waals surface area contributed by atoms with E-state index in [1.807, 2.05) is 18.2 Å². The molecule has 0 amide bonds. The van der Waals surface area contributed by atoms with Gasteiger partial charge in [-0.1, -0.05) is 25.1 Å². The summed E-state index contributed by atoms with van der Waals surface area (Å²) in [6, 6.07) is 8.50. The number of benzene rings is 1. The summed E-state index contributed by atoms with van der Waals surface area (Å²) in [5, 5.41) is 6.69. The lowest BCUT2D eigenvalue weighted by molar-refractivity contribution is 0.129. The van der Waals surface area contributed by atoms with Crippen molar-refractivity contribution < 1.29 is 4.74 Å². The fourth-order valence-electron chi connectivity index (χ4n) is 1.79. The molecule has 0 spiro atoms. The second kappa shape index (κ2) is 9.92. The van der Waals surface area contributed by atoms with Gasteiger partial charge >= 0.3 is 0 Å². The van der Waals surface area contributed by atoms with Crippen LogP contribution in [0.25, 0.3) is 0 Å². The van der Waals surface area contributed by atoms with Crippen molar-refractivity contribution in [1.29, 1.82) is 0 Å². The molecule has 1 rings (SSSR count). The zero-order valence-corrected chi connectivity index (χ0v) is 16.9. The number of para-hydroxylation sites is 1. The van der Waals surface area contributed by atoms with Crippen LogP contribution in [0.3, 0.4) is 0 Å². The molecule has 1 aromatic carbocycles. The van der Waals surface area contributed by atoms with E-state index in [9.17, 15) is 0 Å². The van der Waals surface area contributed by atoms with Crippen molar-refractivity contribution in [2.45, 2.75) is 59.2 Å². The molecule has 4 nitrogen and oxygen atoms in total. The van der Waals surface area contributed by atoms with Crippen LogP contribution in [0.15, 0.2) is 29.3 Å². The quantitative estimate of drug-likeness (QED) is 0.432. The van der Waals surface area contributed by atoms with Gasteiger partial charge in [0, 0.05) is 25.2 Å². The van der Waals surface area contributed by atoms with Crippen molar-refractivity contribution in [2.24, 2.45) is 4.99 Å². The van der Waals surface area contributed by atoms with E-state index < -0.39 is 0 Å². The van der Waals surface area contributed by atoms with Crippen molar-refractivity contribution in [3.05, 3.63) is 29.8 Å². The van der Waals surface area contributed by atoms with Crippen LogP contribution in [0.5, 0.6) is 5.75 Å². The molecule has 5 heteroatoms. The molecule has 0 saturated carbocycles. The summed E-state index contributed by atoms with van der Waals surface area (Å²) in [6.45, 7) is 11.1. The maximum Gasteiger partial charge on any atom is 0.191 e. The molecular weight excluding hydrogens is 389 g/mol. The van der Waals surface area contributed by atoms with Crippen LogP contribution >= 0.6 is 24.0 Å². The number of rotatable bonds is 5. The SMILES string of the molecule is CCC(C)NC(=NC)NCc1ccccc1OC(C)(C)C.I. The van der Waals surface area contributed by atoms with E-state index in [2.05, 4.69) is 56.3 Å². The number of guanidine groups is 1. The topological polar surface area (TPSA) is 45.7 Å². The summed E-state index contributed by atoms with van der Waals surface area (Å²) < 4.78 is 6.00. The lowest BCUT2D eigenvalue weighted by Gasteiger charge is -2.24. The fourth-order valence-corrected chi connectivity index (χ4v) is 1.79. The number of nitrogens with one attached hydrogen (secondary N) is 2. The van der Waals surface area contributed by atoms with E-state index in [1.165, 1.54) is 0 Å². The molecule has 0 heterocycles. The Labute approximate surface area is 152 Å². The molecule has 0 radical (unpaired) electrons. The predicted octanol–water partition coefficient (Wildman–Crippen LogP) is 3.95. The fraction of sp³-hybridized carbons (Fsp3) is 0.588. The van der Waals surface area contributed by atoms with Gasteiger partial charge in [0.15, 0.2) is 5.96 Å². The van der Waals surface area contributed by atoms with Gasteiger partial charge in [0.1, 0.15) is 11.4 Å². The second-order valence-electron chi connectivity index (χ2n) is 6.20. The third-order valence-corrected chi connectivity index (χ3v) is 3.05. The van der Waals surface area contributed by atoms with Crippen LogP contribution in [0, 0.1) is 0 Å². The lowest BCUT2D eigenvalue weighted by atomic mass is 10.1. The van der Waals surface area contributed by atoms with Crippen LogP contribution in [-0.2, 0) is 6.54 Å². The Kier molecular flexibility index (Phi) is 9.48. The zero-order chi connectivity index (χ0) is 15.9. The highest BCUT2D eigenvalue weighted by molar-refractivity contribution is 14.0. The third-order valence-electron chi connectivity index (χ3n) is 3.05. The van der Waals surface area contributed by atoms with Crippen molar-refractivity contribution in [1.82, 2.24) is 10.6 Å². The number of halogens is 1. The first-order valence-corrected chi connectivity index (χ1v) is 7.59. The molecule has 2 N–H and O–H groups in total. The van der Waals surface area contributed by atoms with Crippen molar-refractivity contribution >= 4 is 29.9 Å². The number of aliphatic imine (C=N–C) groups is 1. The maximum atomic E-state index is 6.00. The van der Waals surface area contributed by atoms with Gasteiger partial charge in [0.25, 0.3) is 0 Å². The summed E-state index contributed by atoms with van der Waals surface area (Å²) in [7, 11) is 1.79. The minimum atomic E-state index is -0.202. The van der Waals surface area contributed by atoms with Crippen LogP contribution < -0.4 is 15.4 Å². The number of ether oxygens (including phenoxy) is 1. The first-order valence-electron chi connectivity index (χ1n) is 7.59. The minimum absolute atomic E-state index is 0. The normalized spacial score (nSPS) is 13.1. The van der Waals surface area contributed by atoms with Crippen LogP contribution in [0.4, 0.5) is 0 Å². The average Bonchev–Trinajstić information content (AvgIpc) is 2.42. The molecule has 0 aliphatic carbocycles. The number of hydrogen-bond acceptors (Lipinski definition) is 2. The van der Waals surface area contributed by atoms with Gasteiger partial charge in [-0.25, -0.2) is 0 Å². The molecule has 1 aromatic rings. The Hall–Kier alpha value is -0.980. The molecule has 0 fully saturated rings. The molecule has 0 saturated heterocycles. The minimum Gasteiger partial charge on any atom is -0.488 e. The van der Waals surface area contributed by atoms with Gasteiger partial charge in [-0.2, -0.15) is 0 Å². The molecule has 0 bridgehead atoms.